The van der Waals surface area contributed by atoms with Gasteiger partial charge in [0.1, 0.15) is 5.75 Å². The maximum Gasteiger partial charge on any atom is 0.319 e. The van der Waals surface area contributed by atoms with E-state index in [4.69, 9.17) is 14.2 Å². The van der Waals surface area contributed by atoms with Crippen molar-refractivity contribution in [3.8, 4) is 17.2 Å². The summed E-state index contributed by atoms with van der Waals surface area (Å²) in [5, 5.41) is 5.73. The van der Waals surface area contributed by atoms with E-state index < -0.39 is 0 Å². The first kappa shape index (κ1) is 22.6. The molecule has 0 saturated carbocycles. The van der Waals surface area contributed by atoms with Crippen molar-refractivity contribution in [3.05, 3.63) is 42.5 Å². The molecule has 2 amide bonds. The van der Waals surface area contributed by atoms with Gasteiger partial charge in [0.25, 0.3) is 0 Å². The number of piperazine rings is 1. The summed E-state index contributed by atoms with van der Waals surface area (Å²) in [4.78, 5) is 17.0. The van der Waals surface area contributed by atoms with Crippen molar-refractivity contribution >= 4 is 17.4 Å². The van der Waals surface area contributed by atoms with E-state index in [9.17, 15) is 4.79 Å². The lowest BCUT2D eigenvalue weighted by molar-refractivity contribution is 0.244. The van der Waals surface area contributed by atoms with Crippen LogP contribution in [-0.4, -0.2) is 71.5 Å². The topological polar surface area (TPSA) is 75.3 Å². The van der Waals surface area contributed by atoms with Crippen LogP contribution in [0, 0.1) is 0 Å². The first-order valence-electron chi connectivity index (χ1n) is 10.5. The van der Waals surface area contributed by atoms with Crippen molar-refractivity contribution in [2.24, 2.45) is 0 Å². The standard InChI is InChI=1S/C23H32N4O4/c1-29-20-8-6-19(7-9-20)27-15-13-26(14-16-27)12-4-11-24-23(28)25-18-5-10-21(30-2)22(17-18)31-3/h5-10,17H,4,11-16H2,1-3H3,(H2,24,25,28). The number of methoxy groups -OCH3 is 3. The number of urea groups is 1. The number of hydrogen-bond donors (Lipinski definition) is 2. The van der Waals surface area contributed by atoms with Crippen LogP contribution in [0.2, 0.25) is 0 Å². The van der Waals surface area contributed by atoms with Crippen molar-refractivity contribution in [1.82, 2.24) is 10.2 Å². The lowest BCUT2D eigenvalue weighted by Gasteiger charge is -2.36. The Morgan fingerprint density at radius 3 is 2.26 bits per heavy atom. The molecule has 3 rings (SSSR count). The molecule has 0 aromatic heterocycles. The maximum absolute atomic E-state index is 12.1. The van der Waals surface area contributed by atoms with Crippen molar-refractivity contribution < 1.29 is 19.0 Å². The van der Waals surface area contributed by atoms with Crippen molar-refractivity contribution in [3.63, 3.8) is 0 Å². The summed E-state index contributed by atoms with van der Waals surface area (Å²) in [5.41, 5.74) is 1.89. The summed E-state index contributed by atoms with van der Waals surface area (Å²) in [5.74, 6) is 2.08. The molecule has 0 radical (unpaired) electrons. The van der Waals surface area contributed by atoms with Crippen LogP contribution >= 0.6 is 0 Å². The van der Waals surface area contributed by atoms with E-state index >= 15 is 0 Å². The monoisotopic (exact) mass is 428 g/mol. The normalized spacial score (nSPS) is 14.1. The van der Waals surface area contributed by atoms with Crippen LogP contribution in [0.25, 0.3) is 0 Å². The lowest BCUT2D eigenvalue weighted by Crippen LogP contribution is -2.47. The summed E-state index contributed by atoms with van der Waals surface area (Å²) in [6, 6.07) is 13.3. The van der Waals surface area contributed by atoms with Crippen LogP contribution in [0.3, 0.4) is 0 Å². The van der Waals surface area contributed by atoms with Gasteiger partial charge in [0.05, 0.1) is 21.3 Å². The van der Waals surface area contributed by atoms with Crippen LogP contribution in [-0.2, 0) is 0 Å². The highest BCUT2D eigenvalue weighted by molar-refractivity contribution is 5.89. The van der Waals surface area contributed by atoms with Gasteiger partial charge >= 0.3 is 6.03 Å². The summed E-state index contributed by atoms with van der Waals surface area (Å²) in [6.45, 7) is 5.62. The summed E-state index contributed by atoms with van der Waals surface area (Å²) in [7, 11) is 4.83. The van der Waals surface area contributed by atoms with Gasteiger partial charge in [-0.15, -0.1) is 0 Å². The second kappa shape index (κ2) is 11.3. The first-order chi connectivity index (χ1) is 15.1. The second-order valence-corrected chi connectivity index (χ2v) is 7.33. The highest BCUT2D eigenvalue weighted by atomic mass is 16.5. The number of ether oxygens (including phenoxy) is 3. The van der Waals surface area contributed by atoms with Gasteiger partial charge in [-0.25, -0.2) is 4.79 Å². The Hall–Kier alpha value is -3.13. The molecule has 2 aromatic rings. The molecule has 0 bridgehead atoms. The predicted molar refractivity (Wildman–Crippen MR) is 123 cm³/mol. The number of hydrogen-bond acceptors (Lipinski definition) is 6. The highest BCUT2D eigenvalue weighted by Gasteiger charge is 2.17. The molecule has 1 heterocycles. The Morgan fingerprint density at radius 2 is 1.61 bits per heavy atom. The molecule has 8 nitrogen and oxygen atoms in total. The zero-order valence-electron chi connectivity index (χ0n) is 18.5. The van der Waals surface area contributed by atoms with Gasteiger partial charge < -0.3 is 29.7 Å². The number of amides is 2. The molecular weight excluding hydrogens is 396 g/mol. The second-order valence-electron chi connectivity index (χ2n) is 7.33. The van der Waals surface area contributed by atoms with Crippen LogP contribution < -0.4 is 29.7 Å². The number of nitrogens with zero attached hydrogens (tertiary/aromatic N) is 2. The van der Waals surface area contributed by atoms with Gasteiger partial charge in [0.2, 0.25) is 0 Å². The molecule has 1 fully saturated rings. The molecule has 31 heavy (non-hydrogen) atoms. The summed E-state index contributed by atoms with van der Waals surface area (Å²) in [6.07, 6.45) is 0.905. The Bertz CT molecular complexity index is 836. The fraction of sp³-hybridized carbons (Fsp3) is 0.435. The van der Waals surface area contributed by atoms with E-state index in [1.165, 1.54) is 5.69 Å². The van der Waals surface area contributed by atoms with Crippen LogP contribution in [0.5, 0.6) is 17.2 Å². The molecule has 0 spiro atoms. The Morgan fingerprint density at radius 1 is 0.903 bits per heavy atom. The van der Waals surface area contributed by atoms with Gasteiger partial charge in [-0.1, -0.05) is 0 Å². The molecule has 8 heteroatoms. The molecule has 168 valence electrons. The molecule has 2 aromatic carbocycles. The van der Waals surface area contributed by atoms with Crippen LogP contribution in [0.1, 0.15) is 6.42 Å². The zero-order valence-corrected chi connectivity index (χ0v) is 18.5. The smallest absolute Gasteiger partial charge is 0.319 e. The molecule has 0 atom stereocenters. The van der Waals surface area contributed by atoms with E-state index in [2.05, 4.69) is 32.6 Å². The zero-order chi connectivity index (χ0) is 22.1. The molecule has 1 aliphatic rings. The third kappa shape index (κ3) is 6.42. The Balaban J connectivity index is 1.33. The first-order valence-corrected chi connectivity index (χ1v) is 10.5. The minimum atomic E-state index is -0.225. The van der Waals surface area contributed by atoms with Crippen LogP contribution in [0.15, 0.2) is 42.5 Å². The van der Waals surface area contributed by atoms with E-state index in [1.807, 2.05) is 12.1 Å². The van der Waals surface area contributed by atoms with E-state index in [0.717, 1.165) is 44.9 Å². The average Bonchev–Trinajstić information content (AvgIpc) is 2.82. The average molecular weight is 429 g/mol. The van der Waals surface area contributed by atoms with Crippen LogP contribution in [0.4, 0.5) is 16.2 Å². The Labute approximate surface area is 184 Å². The van der Waals surface area contributed by atoms with Gasteiger partial charge in [-0.05, 0) is 49.4 Å². The number of carbonyl (C=O) groups is 1. The minimum Gasteiger partial charge on any atom is -0.497 e. The largest absolute Gasteiger partial charge is 0.497 e. The molecule has 0 aliphatic carbocycles. The number of anilines is 2. The summed E-state index contributed by atoms with van der Waals surface area (Å²) >= 11 is 0. The minimum absolute atomic E-state index is 0.225. The van der Waals surface area contributed by atoms with Gasteiger partial charge in [0, 0.05) is 50.2 Å². The van der Waals surface area contributed by atoms with Gasteiger partial charge in [-0.2, -0.15) is 0 Å². The number of nitrogens with one attached hydrogen (secondary N) is 2. The molecule has 1 saturated heterocycles. The Kier molecular flexibility index (Phi) is 8.23. The van der Waals surface area contributed by atoms with Crippen molar-refractivity contribution in [2.75, 3.05) is 70.8 Å². The highest BCUT2D eigenvalue weighted by Crippen LogP contribution is 2.29. The third-order valence-corrected chi connectivity index (χ3v) is 5.39. The fourth-order valence-corrected chi connectivity index (χ4v) is 3.62. The van der Waals surface area contributed by atoms with Gasteiger partial charge in [0.15, 0.2) is 11.5 Å². The van der Waals surface area contributed by atoms with Gasteiger partial charge in [-0.3, -0.25) is 4.90 Å². The van der Waals surface area contributed by atoms with Crippen molar-refractivity contribution in [1.29, 1.82) is 0 Å². The number of benzene rings is 2. The third-order valence-electron chi connectivity index (χ3n) is 5.39. The van der Waals surface area contributed by atoms with E-state index in [1.54, 1.807) is 39.5 Å². The molecule has 1 aliphatic heterocycles. The van der Waals surface area contributed by atoms with E-state index in [-0.39, 0.29) is 6.03 Å². The number of rotatable bonds is 9. The quantitative estimate of drug-likeness (QED) is 0.598. The fourth-order valence-electron chi connectivity index (χ4n) is 3.62. The number of carbonyl (C=O) groups excluding carboxylic acids is 1. The predicted octanol–water partition coefficient (Wildman–Crippen LogP) is 3.05. The maximum atomic E-state index is 12.1. The summed E-state index contributed by atoms with van der Waals surface area (Å²) < 4.78 is 15.7. The molecular formula is C23H32N4O4. The molecule has 0 unspecified atom stereocenters. The van der Waals surface area contributed by atoms with Crippen molar-refractivity contribution in [2.45, 2.75) is 6.42 Å². The molecule has 2 N–H and O–H groups in total. The van der Waals surface area contributed by atoms with E-state index in [0.29, 0.717) is 23.7 Å². The lowest BCUT2D eigenvalue weighted by atomic mass is 10.2. The SMILES string of the molecule is COc1ccc(N2CCN(CCCNC(=O)Nc3ccc(OC)c(OC)c3)CC2)cc1.